The molecule has 1 rings (SSSR count). The average Bonchev–Trinajstić information content (AvgIpc) is 2.66. The Hall–Kier alpha value is -0.160. The molecule has 0 bridgehead atoms. The van der Waals surface area contributed by atoms with Crippen LogP contribution in [0.4, 0.5) is 0 Å². The van der Waals surface area contributed by atoms with E-state index in [1.807, 2.05) is 0 Å². The van der Waals surface area contributed by atoms with E-state index < -0.39 is 0 Å². The van der Waals surface area contributed by atoms with Gasteiger partial charge in [-0.1, -0.05) is 0 Å². The minimum absolute atomic E-state index is 0.0707. The van der Waals surface area contributed by atoms with Gasteiger partial charge in [0.1, 0.15) is 0 Å². The van der Waals surface area contributed by atoms with Gasteiger partial charge in [-0.25, -0.2) is 0 Å². The zero-order valence-electron chi connectivity index (χ0n) is 9.55. The second kappa shape index (κ2) is 5.07. The summed E-state index contributed by atoms with van der Waals surface area (Å²) in [6.45, 7) is 7.45. The van der Waals surface area contributed by atoms with Gasteiger partial charge < -0.3 is 4.74 Å². The molecule has 1 heterocycles. The number of nitrogens with two attached hydrogens (primary N) is 1. The first kappa shape index (κ1) is 11.9. The number of hydrogen-bond donors (Lipinski definition) is 2. The first-order valence-corrected chi connectivity index (χ1v) is 5.33. The van der Waals surface area contributed by atoms with E-state index in [4.69, 9.17) is 10.6 Å². The third kappa shape index (κ3) is 2.45. The highest BCUT2D eigenvalue weighted by Gasteiger charge is 2.36. The minimum Gasteiger partial charge on any atom is -0.383 e. The lowest BCUT2D eigenvalue weighted by molar-refractivity contribution is 0.0556. The van der Waals surface area contributed by atoms with Gasteiger partial charge in [-0.15, -0.1) is 0 Å². The van der Waals surface area contributed by atoms with Crippen LogP contribution in [0.5, 0.6) is 0 Å². The van der Waals surface area contributed by atoms with Gasteiger partial charge >= 0.3 is 0 Å². The van der Waals surface area contributed by atoms with Gasteiger partial charge in [0.15, 0.2) is 0 Å². The lowest BCUT2D eigenvalue weighted by Crippen LogP contribution is -2.60. The lowest BCUT2D eigenvalue weighted by Gasteiger charge is -2.41. The quantitative estimate of drug-likeness (QED) is 0.497. The van der Waals surface area contributed by atoms with E-state index in [1.54, 1.807) is 7.11 Å². The van der Waals surface area contributed by atoms with Gasteiger partial charge in [0.05, 0.1) is 12.6 Å². The van der Waals surface area contributed by atoms with Crippen LogP contribution < -0.4 is 11.3 Å². The molecule has 0 aromatic rings. The van der Waals surface area contributed by atoms with Crippen LogP contribution in [0.1, 0.15) is 26.7 Å². The number of rotatable bonds is 5. The number of hydrogen-bond acceptors (Lipinski definition) is 4. The lowest BCUT2D eigenvalue weighted by atomic mass is 9.93. The summed E-state index contributed by atoms with van der Waals surface area (Å²) in [7, 11) is 1.71. The van der Waals surface area contributed by atoms with Gasteiger partial charge in [0.25, 0.3) is 0 Å². The van der Waals surface area contributed by atoms with E-state index in [-0.39, 0.29) is 11.6 Å². The first-order chi connectivity index (χ1) is 6.62. The fraction of sp³-hybridized carbons (Fsp3) is 1.00. The molecule has 0 amide bonds. The Kier molecular flexibility index (Phi) is 4.31. The van der Waals surface area contributed by atoms with Crippen LogP contribution in [-0.2, 0) is 4.74 Å². The highest BCUT2D eigenvalue weighted by molar-refractivity contribution is 4.94. The summed E-state index contributed by atoms with van der Waals surface area (Å²) in [5, 5.41) is 0. The maximum absolute atomic E-state index is 5.56. The molecule has 3 N–H and O–H groups in total. The normalized spacial score (nSPS) is 21.4. The molecular formula is C10H23N3O. The summed E-state index contributed by atoms with van der Waals surface area (Å²) < 4.78 is 5.17. The van der Waals surface area contributed by atoms with Gasteiger partial charge in [-0.2, -0.15) is 0 Å². The zero-order valence-corrected chi connectivity index (χ0v) is 9.55. The summed E-state index contributed by atoms with van der Waals surface area (Å²) >= 11 is 0. The number of likely N-dealkylation sites (tertiary alicyclic amines) is 1. The SMILES string of the molecule is COCC(NN)C(C)(C)N1CCCC1. The standard InChI is InChI=1S/C10H23N3O/c1-10(2,9(12-11)8-14-3)13-6-4-5-7-13/h9,12H,4-8,11H2,1-3H3. The summed E-state index contributed by atoms with van der Waals surface area (Å²) in [6.07, 6.45) is 2.60. The highest BCUT2D eigenvalue weighted by Crippen LogP contribution is 2.24. The Bertz CT molecular complexity index is 167. The van der Waals surface area contributed by atoms with Crippen molar-refractivity contribution in [2.75, 3.05) is 26.8 Å². The van der Waals surface area contributed by atoms with E-state index in [0.717, 1.165) is 0 Å². The Morgan fingerprint density at radius 2 is 2.00 bits per heavy atom. The van der Waals surface area contributed by atoms with Crippen molar-refractivity contribution < 1.29 is 4.74 Å². The average molecular weight is 201 g/mol. The molecule has 1 saturated heterocycles. The molecule has 1 aliphatic heterocycles. The Morgan fingerprint density at radius 3 is 2.43 bits per heavy atom. The smallest absolute Gasteiger partial charge is 0.0647 e. The van der Waals surface area contributed by atoms with Crippen molar-refractivity contribution in [2.45, 2.75) is 38.3 Å². The van der Waals surface area contributed by atoms with Crippen molar-refractivity contribution in [1.29, 1.82) is 0 Å². The number of nitrogens with zero attached hydrogens (tertiary/aromatic N) is 1. The van der Waals surface area contributed by atoms with Crippen LogP contribution in [0, 0.1) is 0 Å². The number of methoxy groups -OCH3 is 1. The molecule has 1 aliphatic rings. The maximum Gasteiger partial charge on any atom is 0.0647 e. The van der Waals surface area contributed by atoms with Crippen molar-refractivity contribution in [3.05, 3.63) is 0 Å². The molecule has 4 heteroatoms. The van der Waals surface area contributed by atoms with Crippen LogP contribution >= 0.6 is 0 Å². The van der Waals surface area contributed by atoms with Crippen molar-refractivity contribution >= 4 is 0 Å². The third-order valence-electron chi connectivity index (χ3n) is 3.31. The summed E-state index contributed by atoms with van der Waals surface area (Å²) in [5.74, 6) is 5.56. The van der Waals surface area contributed by atoms with E-state index in [0.29, 0.717) is 6.61 Å². The molecule has 1 fully saturated rings. The summed E-state index contributed by atoms with van der Waals surface area (Å²) in [4.78, 5) is 2.48. The van der Waals surface area contributed by atoms with E-state index in [2.05, 4.69) is 24.2 Å². The second-order valence-electron chi connectivity index (χ2n) is 4.52. The van der Waals surface area contributed by atoms with E-state index >= 15 is 0 Å². The van der Waals surface area contributed by atoms with E-state index in [1.165, 1.54) is 25.9 Å². The number of ether oxygens (including phenoxy) is 1. The maximum atomic E-state index is 5.56. The Morgan fingerprint density at radius 1 is 1.43 bits per heavy atom. The van der Waals surface area contributed by atoms with Gasteiger partial charge in [0.2, 0.25) is 0 Å². The van der Waals surface area contributed by atoms with E-state index in [9.17, 15) is 0 Å². The molecule has 84 valence electrons. The topological polar surface area (TPSA) is 50.5 Å². The van der Waals surface area contributed by atoms with Crippen molar-refractivity contribution in [2.24, 2.45) is 5.84 Å². The molecule has 0 aromatic carbocycles. The number of nitrogens with one attached hydrogen (secondary N) is 1. The molecule has 14 heavy (non-hydrogen) atoms. The van der Waals surface area contributed by atoms with Gasteiger partial charge in [0, 0.05) is 12.6 Å². The van der Waals surface area contributed by atoms with Crippen molar-refractivity contribution in [1.82, 2.24) is 10.3 Å². The monoisotopic (exact) mass is 201 g/mol. The Balaban J connectivity index is 2.59. The summed E-state index contributed by atoms with van der Waals surface area (Å²) in [6, 6.07) is 0.186. The molecular weight excluding hydrogens is 178 g/mol. The highest BCUT2D eigenvalue weighted by atomic mass is 16.5. The molecule has 0 spiro atoms. The molecule has 1 atom stereocenters. The van der Waals surface area contributed by atoms with Crippen molar-refractivity contribution in [3.8, 4) is 0 Å². The van der Waals surface area contributed by atoms with Gasteiger partial charge in [-0.05, 0) is 39.8 Å². The zero-order chi connectivity index (χ0) is 10.6. The van der Waals surface area contributed by atoms with Crippen LogP contribution in [0.15, 0.2) is 0 Å². The summed E-state index contributed by atoms with van der Waals surface area (Å²) in [5.41, 5.74) is 2.92. The van der Waals surface area contributed by atoms with Crippen LogP contribution in [0.25, 0.3) is 0 Å². The van der Waals surface area contributed by atoms with Crippen molar-refractivity contribution in [3.63, 3.8) is 0 Å². The fourth-order valence-electron chi connectivity index (χ4n) is 2.14. The first-order valence-electron chi connectivity index (χ1n) is 5.33. The minimum atomic E-state index is 0.0707. The second-order valence-corrected chi connectivity index (χ2v) is 4.52. The van der Waals surface area contributed by atoms with Crippen LogP contribution in [-0.4, -0.2) is 43.3 Å². The number of hydrazine groups is 1. The molecule has 0 aromatic heterocycles. The van der Waals surface area contributed by atoms with Crippen LogP contribution in [0.3, 0.4) is 0 Å². The third-order valence-corrected chi connectivity index (χ3v) is 3.31. The fourth-order valence-corrected chi connectivity index (χ4v) is 2.14. The van der Waals surface area contributed by atoms with Gasteiger partial charge in [-0.3, -0.25) is 16.2 Å². The van der Waals surface area contributed by atoms with Crippen LogP contribution in [0.2, 0.25) is 0 Å². The molecule has 0 saturated carbocycles. The Labute approximate surface area is 86.8 Å². The predicted molar refractivity (Wildman–Crippen MR) is 57.9 cm³/mol. The predicted octanol–water partition coefficient (Wildman–Crippen LogP) is 0.339. The molecule has 0 aliphatic carbocycles. The molecule has 1 unspecified atom stereocenters. The molecule has 4 nitrogen and oxygen atoms in total. The largest absolute Gasteiger partial charge is 0.383 e. The molecule has 0 radical (unpaired) electrons.